The van der Waals surface area contributed by atoms with Gasteiger partial charge in [0.25, 0.3) is 0 Å². The number of rotatable bonds is 8. The van der Waals surface area contributed by atoms with Gasteiger partial charge in [-0.05, 0) is 36.2 Å². The minimum Gasteiger partial charge on any atom is -0.482 e. The van der Waals surface area contributed by atoms with E-state index in [1.165, 1.54) is 18.2 Å². The van der Waals surface area contributed by atoms with Crippen molar-refractivity contribution in [2.24, 2.45) is 0 Å². The Labute approximate surface area is 165 Å². The Kier molecular flexibility index (Phi) is 7.41. The molecule has 0 heterocycles. The summed E-state index contributed by atoms with van der Waals surface area (Å²) in [5.41, 5.74) is 0.581. The highest BCUT2D eigenvalue weighted by atomic mass is 35.5. The molecule has 0 saturated heterocycles. The third-order valence-corrected chi connectivity index (χ3v) is 4.35. The number of aliphatic hydroxyl groups is 1. The molecular weight excluding hydrogens is 397 g/mol. The lowest BCUT2D eigenvalue weighted by Gasteiger charge is -2.12. The predicted octanol–water partition coefficient (Wildman–Crippen LogP) is 4.47. The van der Waals surface area contributed by atoms with Crippen molar-refractivity contribution in [2.75, 3.05) is 6.61 Å². The Morgan fingerprint density at radius 1 is 1.22 bits per heavy atom. The Bertz CT molecular complexity index is 843. The number of carbonyl (C=O) groups is 1. The Morgan fingerprint density at radius 2 is 1.96 bits per heavy atom. The van der Waals surface area contributed by atoms with Crippen molar-refractivity contribution >= 4 is 34.9 Å². The number of nitrogens with zero attached hydrogens (tertiary/aromatic N) is 1. The minimum absolute atomic E-state index is 0.0261. The van der Waals surface area contributed by atoms with E-state index in [-0.39, 0.29) is 36.6 Å². The van der Waals surface area contributed by atoms with Crippen molar-refractivity contribution in [2.45, 2.75) is 26.1 Å². The van der Waals surface area contributed by atoms with Gasteiger partial charge in [0.05, 0.1) is 34.1 Å². The molecule has 0 amide bonds. The van der Waals surface area contributed by atoms with Crippen LogP contribution in [-0.2, 0) is 16.1 Å². The summed E-state index contributed by atoms with van der Waals surface area (Å²) in [5.74, 6) is -0.564. The van der Waals surface area contributed by atoms with Gasteiger partial charge in [-0.1, -0.05) is 35.3 Å². The lowest BCUT2D eigenvalue weighted by atomic mass is 10.1. The molecule has 0 aromatic heterocycles. The van der Waals surface area contributed by atoms with Crippen LogP contribution in [-0.4, -0.2) is 22.6 Å². The summed E-state index contributed by atoms with van der Waals surface area (Å²) in [6, 6.07) is 8.91. The van der Waals surface area contributed by atoms with E-state index < -0.39 is 17.0 Å². The highest BCUT2D eigenvalue weighted by molar-refractivity contribution is 6.42. The molecule has 2 aromatic rings. The van der Waals surface area contributed by atoms with Crippen molar-refractivity contribution in [3.8, 4) is 5.75 Å². The molecule has 9 heteroatoms. The lowest BCUT2D eigenvalue weighted by molar-refractivity contribution is -0.386. The SMILES string of the molecule is CCOC(=O)C[C@H](O)c1ccc(OCc2ccc(Cl)c(Cl)c2)c([N+](=O)[O-])c1. The summed E-state index contributed by atoms with van der Waals surface area (Å²) in [7, 11) is 0. The first-order valence-corrected chi connectivity index (χ1v) is 8.76. The minimum atomic E-state index is -1.22. The molecule has 27 heavy (non-hydrogen) atoms. The third-order valence-electron chi connectivity index (χ3n) is 3.61. The van der Waals surface area contributed by atoms with E-state index in [9.17, 15) is 20.0 Å². The molecular formula is C18H17Cl2NO6. The van der Waals surface area contributed by atoms with E-state index >= 15 is 0 Å². The number of nitro groups is 1. The number of hydrogen-bond donors (Lipinski definition) is 1. The van der Waals surface area contributed by atoms with E-state index in [1.807, 2.05) is 0 Å². The van der Waals surface area contributed by atoms with Crippen molar-refractivity contribution < 1.29 is 24.3 Å². The zero-order valence-corrected chi connectivity index (χ0v) is 15.9. The number of aliphatic hydroxyl groups excluding tert-OH is 1. The van der Waals surface area contributed by atoms with Gasteiger partial charge in [-0.2, -0.15) is 0 Å². The van der Waals surface area contributed by atoms with Crippen LogP contribution in [0.3, 0.4) is 0 Å². The first kappa shape index (κ1) is 21.0. The van der Waals surface area contributed by atoms with E-state index in [2.05, 4.69) is 0 Å². The molecule has 2 rings (SSSR count). The second-order valence-electron chi connectivity index (χ2n) is 5.55. The van der Waals surface area contributed by atoms with Gasteiger partial charge in [0.15, 0.2) is 5.75 Å². The van der Waals surface area contributed by atoms with Gasteiger partial charge in [-0.25, -0.2) is 0 Å². The topological polar surface area (TPSA) is 98.9 Å². The van der Waals surface area contributed by atoms with E-state index in [1.54, 1.807) is 25.1 Å². The molecule has 0 bridgehead atoms. The second-order valence-corrected chi connectivity index (χ2v) is 6.36. The zero-order valence-electron chi connectivity index (χ0n) is 14.4. The molecule has 2 aromatic carbocycles. The molecule has 1 N–H and O–H groups in total. The molecule has 0 aliphatic carbocycles. The van der Waals surface area contributed by atoms with Crippen LogP contribution in [0.15, 0.2) is 36.4 Å². The molecule has 0 radical (unpaired) electrons. The van der Waals surface area contributed by atoms with Crippen LogP contribution >= 0.6 is 23.2 Å². The van der Waals surface area contributed by atoms with Gasteiger partial charge >= 0.3 is 11.7 Å². The van der Waals surface area contributed by atoms with Gasteiger partial charge < -0.3 is 14.6 Å². The fourth-order valence-corrected chi connectivity index (χ4v) is 2.61. The Balaban J connectivity index is 2.16. The maximum absolute atomic E-state index is 11.5. The quantitative estimate of drug-likeness (QED) is 0.389. The number of ether oxygens (including phenoxy) is 2. The van der Waals surface area contributed by atoms with E-state index in [0.29, 0.717) is 15.6 Å². The number of benzene rings is 2. The Morgan fingerprint density at radius 3 is 2.59 bits per heavy atom. The van der Waals surface area contributed by atoms with Gasteiger partial charge in [-0.3, -0.25) is 14.9 Å². The monoisotopic (exact) mass is 413 g/mol. The molecule has 0 spiro atoms. The smallest absolute Gasteiger partial charge is 0.311 e. The first-order chi connectivity index (χ1) is 12.8. The van der Waals surface area contributed by atoms with Gasteiger partial charge in [0, 0.05) is 6.07 Å². The normalized spacial score (nSPS) is 11.7. The van der Waals surface area contributed by atoms with Crippen molar-refractivity contribution in [3.63, 3.8) is 0 Å². The largest absolute Gasteiger partial charge is 0.482 e. The second kappa shape index (κ2) is 9.55. The Hall–Kier alpha value is -2.35. The summed E-state index contributed by atoms with van der Waals surface area (Å²) in [5, 5.41) is 22.2. The summed E-state index contributed by atoms with van der Waals surface area (Å²) in [4.78, 5) is 22.2. The maximum Gasteiger partial charge on any atom is 0.311 e. The average molecular weight is 414 g/mol. The zero-order chi connectivity index (χ0) is 20.0. The van der Waals surface area contributed by atoms with Crippen molar-refractivity contribution in [1.29, 1.82) is 0 Å². The molecule has 0 aliphatic rings. The number of carbonyl (C=O) groups excluding carboxylic acids is 1. The summed E-state index contributed by atoms with van der Waals surface area (Å²) >= 11 is 11.8. The number of esters is 1. The molecule has 0 unspecified atom stereocenters. The van der Waals surface area contributed by atoms with E-state index in [0.717, 1.165) is 0 Å². The summed E-state index contributed by atoms with van der Waals surface area (Å²) in [6.07, 6.45) is -1.51. The number of hydrogen-bond acceptors (Lipinski definition) is 6. The molecule has 0 fully saturated rings. The summed E-state index contributed by atoms with van der Waals surface area (Å²) in [6.45, 7) is 1.88. The predicted molar refractivity (Wildman–Crippen MR) is 100 cm³/mol. The van der Waals surface area contributed by atoms with Crippen LogP contribution in [0.25, 0.3) is 0 Å². The number of halogens is 2. The van der Waals surface area contributed by atoms with Crippen LogP contribution in [0.5, 0.6) is 5.75 Å². The van der Waals surface area contributed by atoms with Gasteiger partial charge in [-0.15, -0.1) is 0 Å². The van der Waals surface area contributed by atoms with Crippen LogP contribution in [0.1, 0.15) is 30.6 Å². The van der Waals surface area contributed by atoms with Crippen LogP contribution in [0.4, 0.5) is 5.69 Å². The van der Waals surface area contributed by atoms with Crippen molar-refractivity contribution in [3.05, 3.63) is 67.7 Å². The van der Waals surface area contributed by atoms with Gasteiger partial charge in [0.1, 0.15) is 6.61 Å². The van der Waals surface area contributed by atoms with Crippen LogP contribution in [0, 0.1) is 10.1 Å². The molecule has 0 aliphatic heterocycles. The fourth-order valence-electron chi connectivity index (χ4n) is 2.29. The third kappa shape index (κ3) is 5.82. The highest BCUT2D eigenvalue weighted by Gasteiger charge is 2.21. The molecule has 1 atom stereocenters. The van der Waals surface area contributed by atoms with E-state index in [4.69, 9.17) is 32.7 Å². The van der Waals surface area contributed by atoms with Gasteiger partial charge in [0.2, 0.25) is 0 Å². The molecule has 144 valence electrons. The van der Waals surface area contributed by atoms with Crippen LogP contribution < -0.4 is 4.74 Å². The van der Waals surface area contributed by atoms with Crippen LogP contribution in [0.2, 0.25) is 10.0 Å². The summed E-state index contributed by atoms with van der Waals surface area (Å²) < 4.78 is 10.3. The first-order valence-electron chi connectivity index (χ1n) is 8.00. The van der Waals surface area contributed by atoms with Crippen molar-refractivity contribution in [1.82, 2.24) is 0 Å². The fraction of sp³-hybridized carbons (Fsp3) is 0.278. The molecule has 0 saturated carbocycles. The highest BCUT2D eigenvalue weighted by Crippen LogP contribution is 2.32. The average Bonchev–Trinajstić information content (AvgIpc) is 2.62. The molecule has 7 nitrogen and oxygen atoms in total. The number of nitro benzene ring substituents is 1. The standard InChI is InChI=1S/C18H17Cl2NO6/c1-2-26-18(23)9-16(22)12-4-6-17(15(8-12)21(24)25)27-10-11-3-5-13(19)14(20)7-11/h3-8,16,22H,2,9-10H2,1H3/t16-/m0/s1. The maximum atomic E-state index is 11.5. The lowest BCUT2D eigenvalue weighted by Crippen LogP contribution is -2.10.